The number of fused-ring (bicyclic) bond motifs is 3. The normalized spacial score (nSPS) is 30.3. The molecule has 0 aromatic heterocycles. The smallest absolute Gasteiger partial charge is 0.410 e. The average molecular weight is 699 g/mol. The van der Waals surface area contributed by atoms with Crippen molar-refractivity contribution in [2.75, 3.05) is 13.2 Å². The summed E-state index contributed by atoms with van der Waals surface area (Å²) in [5.74, 6) is -0.742. The van der Waals surface area contributed by atoms with E-state index in [1.54, 1.807) is 25.7 Å². The van der Waals surface area contributed by atoms with E-state index < -0.39 is 66.2 Å². The molecule has 4 aliphatic rings. The minimum Gasteiger partial charge on any atom is -0.449 e. The van der Waals surface area contributed by atoms with Gasteiger partial charge in [-0.25, -0.2) is 9.59 Å². The van der Waals surface area contributed by atoms with Crippen molar-refractivity contribution >= 4 is 31.4 Å². The molecule has 0 radical (unpaired) electrons. The maximum Gasteiger partial charge on any atom is 0.410 e. The first kappa shape index (κ1) is 36.6. The summed E-state index contributed by atoms with van der Waals surface area (Å²) in [6.07, 6.45) is 3.05. The molecule has 268 valence electrons. The van der Waals surface area contributed by atoms with Gasteiger partial charge in [0.25, 0.3) is 0 Å². The van der Waals surface area contributed by atoms with Gasteiger partial charge in [0.1, 0.15) is 23.5 Å². The lowest BCUT2D eigenvalue weighted by atomic mass is 9.85. The highest BCUT2D eigenvalue weighted by atomic mass is 31.2. The number of benzene rings is 1. The third-order valence-electron chi connectivity index (χ3n) is 10.4. The van der Waals surface area contributed by atoms with Gasteiger partial charge in [-0.2, -0.15) is 0 Å². The number of alkyl carbamates (subject to hydrolysis) is 1. The number of carbonyl (C=O) groups excluding carboxylic acids is 4. The van der Waals surface area contributed by atoms with Gasteiger partial charge in [0.15, 0.2) is 0 Å². The Kier molecular flexibility index (Phi) is 10.2. The van der Waals surface area contributed by atoms with Crippen LogP contribution >= 0.6 is 7.37 Å². The second kappa shape index (κ2) is 13.6. The lowest BCUT2D eigenvalue weighted by molar-refractivity contribution is -0.142. The van der Waals surface area contributed by atoms with Crippen LogP contribution in [-0.2, 0) is 43.1 Å². The van der Waals surface area contributed by atoms with Crippen LogP contribution in [0.15, 0.2) is 43.3 Å². The molecule has 13 heteroatoms. The van der Waals surface area contributed by atoms with Gasteiger partial charge >= 0.3 is 12.2 Å². The molecular formula is C36H51N4O8P. The Labute approximate surface area is 289 Å². The van der Waals surface area contributed by atoms with E-state index in [0.29, 0.717) is 13.1 Å². The summed E-state index contributed by atoms with van der Waals surface area (Å²) in [5.41, 5.74) is 2.26. The Morgan fingerprint density at radius 2 is 1.86 bits per heavy atom. The molecule has 3 aliphatic heterocycles. The van der Waals surface area contributed by atoms with Gasteiger partial charge in [0.05, 0.1) is 13.2 Å². The topological polar surface area (TPSA) is 155 Å². The third kappa shape index (κ3) is 7.60. The SMILES string of the molecule is C=C[C@@H]1C[C@]1(NC(=O)[C@@H]1C[C@@H]2CN1C(=O)[C@H](C(C)(C)C)NC(=O)OCC(C)(C)CCCCc1cccc3c1CN(C3)C(=O)O2)P(=O)(O)C=C. The number of cyclic esters (lactones) is 1. The van der Waals surface area contributed by atoms with Crippen molar-refractivity contribution in [3.8, 4) is 0 Å². The zero-order chi connectivity index (χ0) is 35.9. The van der Waals surface area contributed by atoms with Gasteiger partial charge in [-0.05, 0) is 59.0 Å². The molecule has 6 atom stereocenters. The standard InChI is InChI=1S/C36H51N4O8P/c1-8-25-18-36(25,49(45,46)9-2)38-30(41)28-17-26-20-40(28)31(42)29(34(3,4)5)37-32(43)47-22-35(6,7)16-11-10-13-23-14-12-15-24-19-39(21-27(23)24)33(44)48-26/h8-9,12,14-15,25-26,28-29H,1-2,10-11,13,16-22H2,3-7H3,(H,37,43)(H,38,41)(H,45,46)/t25-,26-,28+,29-,36+/m1/s1. The van der Waals surface area contributed by atoms with E-state index >= 15 is 0 Å². The summed E-state index contributed by atoms with van der Waals surface area (Å²) in [6.45, 7) is 17.5. The molecule has 4 amide bonds. The fourth-order valence-electron chi connectivity index (χ4n) is 7.28. The average Bonchev–Trinajstić information content (AvgIpc) is 3.35. The number of hydrogen-bond acceptors (Lipinski definition) is 7. The number of rotatable bonds is 5. The Bertz CT molecular complexity index is 1570. The molecule has 1 saturated heterocycles. The molecule has 1 aliphatic carbocycles. The zero-order valence-electron chi connectivity index (χ0n) is 29.3. The predicted molar refractivity (Wildman–Crippen MR) is 184 cm³/mol. The molecule has 5 rings (SSSR count). The van der Waals surface area contributed by atoms with Crippen LogP contribution in [0.25, 0.3) is 0 Å². The number of amides is 4. The Morgan fingerprint density at radius 3 is 2.51 bits per heavy atom. The summed E-state index contributed by atoms with van der Waals surface area (Å²) in [5, 5.41) is 4.01. The van der Waals surface area contributed by atoms with Crippen LogP contribution in [0.1, 0.15) is 83.4 Å². The van der Waals surface area contributed by atoms with Gasteiger partial charge in [-0.3, -0.25) is 19.1 Å². The first-order valence-corrected chi connectivity index (χ1v) is 18.8. The molecule has 1 saturated carbocycles. The van der Waals surface area contributed by atoms with Crippen molar-refractivity contribution in [3.05, 3.63) is 59.9 Å². The van der Waals surface area contributed by atoms with Crippen molar-refractivity contribution in [1.82, 2.24) is 20.4 Å². The van der Waals surface area contributed by atoms with E-state index in [-0.39, 0.29) is 31.4 Å². The Morgan fingerprint density at radius 1 is 1.14 bits per heavy atom. The third-order valence-corrected chi connectivity index (χ3v) is 12.7. The molecular weight excluding hydrogens is 647 g/mol. The van der Waals surface area contributed by atoms with Crippen molar-refractivity contribution in [2.24, 2.45) is 16.7 Å². The molecule has 4 bridgehead atoms. The lowest BCUT2D eigenvalue weighted by Gasteiger charge is -2.36. The van der Waals surface area contributed by atoms with Crippen LogP contribution in [-0.4, -0.2) is 75.3 Å². The molecule has 1 unspecified atom stereocenters. The van der Waals surface area contributed by atoms with Crippen molar-refractivity contribution in [2.45, 2.75) is 110 Å². The molecule has 1 aromatic rings. The highest BCUT2D eigenvalue weighted by molar-refractivity contribution is 7.63. The highest BCUT2D eigenvalue weighted by Crippen LogP contribution is 2.70. The Hall–Kier alpha value is -3.63. The summed E-state index contributed by atoms with van der Waals surface area (Å²) in [4.78, 5) is 68.8. The van der Waals surface area contributed by atoms with E-state index in [0.717, 1.165) is 42.6 Å². The van der Waals surface area contributed by atoms with E-state index in [4.69, 9.17) is 9.47 Å². The summed E-state index contributed by atoms with van der Waals surface area (Å²) < 4.78 is 24.8. The van der Waals surface area contributed by atoms with Crippen LogP contribution in [0.4, 0.5) is 9.59 Å². The predicted octanol–water partition coefficient (Wildman–Crippen LogP) is 5.43. The molecule has 49 heavy (non-hydrogen) atoms. The molecule has 1 aromatic carbocycles. The minimum absolute atomic E-state index is 0.0382. The van der Waals surface area contributed by atoms with Gasteiger partial charge in [0, 0.05) is 25.4 Å². The van der Waals surface area contributed by atoms with E-state index in [1.165, 1.54) is 16.5 Å². The molecule has 3 heterocycles. The van der Waals surface area contributed by atoms with Crippen LogP contribution in [0, 0.1) is 16.7 Å². The second-order valence-corrected chi connectivity index (χ2v) is 18.2. The molecule has 3 N–H and O–H groups in total. The number of nitrogens with zero attached hydrogens (tertiary/aromatic N) is 2. The van der Waals surface area contributed by atoms with Crippen LogP contribution in [0.2, 0.25) is 0 Å². The number of carbonyl (C=O) groups is 4. The summed E-state index contributed by atoms with van der Waals surface area (Å²) in [6, 6.07) is 3.86. The van der Waals surface area contributed by atoms with Crippen molar-refractivity contribution in [3.63, 3.8) is 0 Å². The first-order valence-electron chi connectivity index (χ1n) is 17.1. The van der Waals surface area contributed by atoms with Crippen LogP contribution in [0.5, 0.6) is 0 Å². The van der Waals surface area contributed by atoms with Crippen LogP contribution in [0.3, 0.4) is 0 Å². The highest BCUT2D eigenvalue weighted by Gasteiger charge is 2.65. The zero-order valence-corrected chi connectivity index (χ0v) is 30.2. The summed E-state index contributed by atoms with van der Waals surface area (Å²) in [7, 11) is -4.06. The van der Waals surface area contributed by atoms with E-state index in [2.05, 4.69) is 29.9 Å². The molecule has 2 fully saturated rings. The number of aryl methyl sites for hydroxylation is 1. The van der Waals surface area contributed by atoms with Gasteiger partial charge in [-0.1, -0.05) is 71.9 Å². The number of hydrogen-bond donors (Lipinski definition) is 3. The van der Waals surface area contributed by atoms with Crippen molar-refractivity contribution in [1.29, 1.82) is 0 Å². The fraction of sp³-hybridized carbons (Fsp3) is 0.611. The van der Waals surface area contributed by atoms with Gasteiger partial charge in [-0.15, -0.1) is 6.58 Å². The molecule has 0 spiro atoms. The van der Waals surface area contributed by atoms with E-state index in [1.807, 2.05) is 26.0 Å². The van der Waals surface area contributed by atoms with E-state index in [9.17, 15) is 28.6 Å². The minimum atomic E-state index is -4.06. The number of nitrogens with one attached hydrogen (secondary N) is 2. The maximum atomic E-state index is 14.4. The van der Waals surface area contributed by atoms with Gasteiger partial charge < -0.3 is 29.9 Å². The quantitative estimate of drug-likeness (QED) is 0.272. The van der Waals surface area contributed by atoms with Gasteiger partial charge in [0.2, 0.25) is 19.2 Å². The first-order chi connectivity index (χ1) is 22.9. The lowest BCUT2D eigenvalue weighted by Crippen LogP contribution is -2.58. The largest absolute Gasteiger partial charge is 0.449 e. The van der Waals surface area contributed by atoms with Crippen LogP contribution < -0.4 is 10.6 Å². The Balaban J connectivity index is 1.46. The summed E-state index contributed by atoms with van der Waals surface area (Å²) >= 11 is 0. The number of ether oxygens (including phenoxy) is 2. The van der Waals surface area contributed by atoms with Crippen molar-refractivity contribution < 1.29 is 38.1 Å². The maximum absolute atomic E-state index is 14.4. The monoisotopic (exact) mass is 698 g/mol. The fourth-order valence-corrected chi connectivity index (χ4v) is 8.91. The second-order valence-electron chi connectivity index (χ2n) is 15.8. The molecule has 12 nitrogen and oxygen atoms in total.